The molecule has 6 heteroatoms. The van der Waals surface area contributed by atoms with Crippen molar-refractivity contribution < 1.29 is 18.7 Å². The van der Waals surface area contributed by atoms with Crippen molar-refractivity contribution in [3.8, 4) is 11.5 Å². The van der Waals surface area contributed by atoms with Gasteiger partial charge in [0.05, 0.1) is 5.41 Å². The summed E-state index contributed by atoms with van der Waals surface area (Å²) in [5, 5.41) is -0.381. The number of ether oxygens (including phenoxy) is 2. The molecule has 0 spiro atoms. The summed E-state index contributed by atoms with van der Waals surface area (Å²) in [4.78, 5) is 11.4. The van der Waals surface area contributed by atoms with E-state index in [1.165, 1.54) is 0 Å². The number of carbonyl (C=O) groups excluding carboxylic acids is 1. The van der Waals surface area contributed by atoms with E-state index < -0.39 is 11.2 Å². The number of hydrogen-bond acceptors (Lipinski definition) is 3. The molecule has 0 saturated heterocycles. The molecule has 2 atom stereocenters. The normalized spacial score (nSPS) is 27.9. The third-order valence-corrected chi connectivity index (χ3v) is 3.72. The fraction of sp³-hybridized carbons (Fsp3) is 0.364. The smallest absolute Gasteiger partial charge is 0.418 e. The van der Waals surface area contributed by atoms with Crippen LogP contribution in [-0.4, -0.2) is 11.0 Å². The summed E-state index contributed by atoms with van der Waals surface area (Å²) in [6, 6.07) is 4.94. The van der Waals surface area contributed by atoms with Crippen molar-refractivity contribution in [2.75, 3.05) is 0 Å². The number of hydrogen-bond donors (Lipinski definition) is 0. The van der Waals surface area contributed by atoms with Crippen molar-refractivity contribution in [1.82, 2.24) is 0 Å². The molecule has 1 aromatic rings. The number of rotatable bonds is 2. The zero-order valence-electron chi connectivity index (χ0n) is 8.70. The van der Waals surface area contributed by atoms with Crippen LogP contribution in [0.15, 0.2) is 18.2 Å². The van der Waals surface area contributed by atoms with Gasteiger partial charge in [-0.3, -0.25) is 4.79 Å². The van der Waals surface area contributed by atoms with Gasteiger partial charge in [-0.05, 0) is 51.4 Å². The average molecular weight is 275 g/mol. The molecule has 0 radical (unpaired) electrons. The van der Waals surface area contributed by atoms with Gasteiger partial charge in [0.25, 0.3) is 0 Å². The SMILES string of the molecule is O=C(Cl)C1(c2ccc3c(c2)OC(F)(P)O3)CC1. The molecule has 90 valence electrons. The maximum absolute atomic E-state index is 13.4. The van der Waals surface area contributed by atoms with E-state index in [0.717, 1.165) is 18.4 Å². The van der Waals surface area contributed by atoms with E-state index >= 15 is 0 Å². The van der Waals surface area contributed by atoms with Gasteiger partial charge in [-0.15, -0.1) is 0 Å². The van der Waals surface area contributed by atoms with Gasteiger partial charge in [0.2, 0.25) is 5.24 Å². The van der Waals surface area contributed by atoms with Crippen LogP contribution in [0, 0.1) is 0 Å². The second-order valence-corrected chi connectivity index (χ2v) is 5.34. The summed E-state index contributed by atoms with van der Waals surface area (Å²) < 4.78 is 23.3. The van der Waals surface area contributed by atoms with Crippen molar-refractivity contribution in [3.63, 3.8) is 0 Å². The third-order valence-electron chi connectivity index (χ3n) is 3.12. The van der Waals surface area contributed by atoms with Gasteiger partial charge in [0.15, 0.2) is 11.5 Å². The second-order valence-electron chi connectivity index (χ2n) is 4.30. The molecule has 2 unspecified atom stereocenters. The largest absolute Gasteiger partial charge is 0.420 e. The molecule has 2 aliphatic rings. The van der Waals surface area contributed by atoms with Crippen LogP contribution in [0.4, 0.5) is 4.39 Å². The van der Waals surface area contributed by atoms with Crippen LogP contribution in [0.1, 0.15) is 18.4 Å². The minimum atomic E-state index is -2.22. The van der Waals surface area contributed by atoms with Gasteiger partial charge in [-0.25, -0.2) is 0 Å². The molecular weight excluding hydrogens is 266 g/mol. The Kier molecular flexibility index (Phi) is 2.20. The molecule has 1 heterocycles. The topological polar surface area (TPSA) is 35.5 Å². The van der Waals surface area contributed by atoms with E-state index in [4.69, 9.17) is 21.1 Å². The number of carbonyl (C=O) groups is 1. The highest BCUT2D eigenvalue weighted by molar-refractivity contribution is 7.18. The van der Waals surface area contributed by atoms with Crippen LogP contribution in [-0.2, 0) is 10.2 Å². The molecule has 1 aromatic carbocycles. The first kappa shape index (κ1) is 11.2. The lowest BCUT2D eigenvalue weighted by molar-refractivity contribution is -0.113. The maximum atomic E-state index is 13.4. The van der Waals surface area contributed by atoms with Gasteiger partial charge < -0.3 is 9.47 Å². The number of halogens is 2. The van der Waals surface area contributed by atoms with E-state index in [1.807, 2.05) is 9.24 Å². The highest BCUT2D eigenvalue weighted by atomic mass is 35.5. The number of fused-ring (bicyclic) bond motifs is 1. The molecule has 0 bridgehead atoms. The Labute approximate surface area is 104 Å². The fourth-order valence-electron chi connectivity index (χ4n) is 2.01. The summed E-state index contributed by atoms with van der Waals surface area (Å²) >= 11 is 5.58. The summed E-state index contributed by atoms with van der Waals surface area (Å²) in [5.74, 6) is -1.60. The van der Waals surface area contributed by atoms with E-state index in [0.29, 0.717) is 11.5 Å². The lowest BCUT2D eigenvalue weighted by Gasteiger charge is -2.11. The third kappa shape index (κ3) is 1.71. The summed E-state index contributed by atoms with van der Waals surface area (Å²) in [5.41, 5.74) is 0.144. The molecule has 1 fully saturated rings. The van der Waals surface area contributed by atoms with Gasteiger partial charge in [0.1, 0.15) is 0 Å². The minimum absolute atomic E-state index is 0.296. The van der Waals surface area contributed by atoms with E-state index in [1.54, 1.807) is 18.2 Å². The summed E-state index contributed by atoms with van der Waals surface area (Å²) in [6.07, 6.45) is 1.44. The van der Waals surface area contributed by atoms with E-state index in [9.17, 15) is 9.18 Å². The van der Waals surface area contributed by atoms with Gasteiger partial charge in [-0.2, -0.15) is 4.39 Å². The van der Waals surface area contributed by atoms with Crippen LogP contribution in [0.5, 0.6) is 11.5 Å². The average Bonchev–Trinajstić information content (AvgIpc) is 2.95. The molecule has 1 aliphatic heterocycles. The zero-order chi connectivity index (χ0) is 12.3. The lowest BCUT2D eigenvalue weighted by atomic mass is 9.97. The maximum Gasteiger partial charge on any atom is 0.418 e. The van der Waals surface area contributed by atoms with Crippen LogP contribution in [0.2, 0.25) is 0 Å². The van der Waals surface area contributed by atoms with Crippen LogP contribution in [0.3, 0.4) is 0 Å². The molecule has 0 amide bonds. The Bertz CT molecular complexity index is 513. The highest BCUT2D eigenvalue weighted by Crippen LogP contribution is 2.53. The predicted octanol–water partition coefficient (Wildman–Crippen LogP) is 2.71. The van der Waals surface area contributed by atoms with Crippen LogP contribution < -0.4 is 9.47 Å². The Morgan fingerprint density at radius 1 is 1.35 bits per heavy atom. The Balaban J connectivity index is 1.99. The standard InChI is InChI=1S/C11H9ClFO3P/c12-9(14)10(3-4-10)6-1-2-7-8(5-6)16-11(13,17)15-7/h1-2,5H,3-4,17H2. The minimum Gasteiger partial charge on any atom is -0.420 e. The molecule has 1 aliphatic carbocycles. The van der Waals surface area contributed by atoms with Gasteiger partial charge >= 0.3 is 5.78 Å². The van der Waals surface area contributed by atoms with Crippen LogP contribution in [0.25, 0.3) is 0 Å². The predicted molar refractivity (Wildman–Crippen MR) is 63.0 cm³/mol. The number of benzene rings is 1. The quantitative estimate of drug-likeness (QED) is 0.614. The van der Waals surface area contributed by atoms with Crippen molar-refractivity contribution in [3.05, 3.63) is 23.8 Å². The van der Waals surface area contributed by atoms with Crippen molar-refractivity contribution in [2.45, 2.75) is 24.0 Å². The molecule has 17 heavy (non-hydrogen) atoms. The Morgan fingerprint density at radius 2 is 2.00 bits per heavy atom. The molecule has 3 rings (SSSR count). The van der Waals surface area contributed by atoms with Crippen molar-refractivity contribution in [1.29, 1.82) is 0 Å². The Morgan fingerprint density at radius 3 is 2.59 bits per heavy atom. The molecule has 0 N–H and O–H groups in total. The van der Waals surface area contributed by atoms with Gasteiger partial charge in [-0.1, -0.05) is 6.07 Å². The second kappa shape index (κ2) is 3.33. The number of alkyl halides is 1. The van der Waals surface area contributed by atoms with Crippen molar-refractivity contribution >= 4 is 26.1 Å². The molecular formula is C11H9ClFO3P. The van der Waals surface area contributed by atoms with Crippen LogP contribution >= 0.6 is 20.8 Å². The first-order valence-corrected chi connectivity index (χ1v) is 6.09. The summed E-state index contributed by atoms with van der Waals surface area (Å²) in [7, 11) is 1.83. The highest BCUT2D eigenvalue weighted by Gasteiger charge is 2.51. The van der Waals surface area contributed by atoms with Gasteiger partial charge in [0, 0.05) is 0 Å². The van der Waals surface area contributed by atoms with E-state index in [2.05, 4.69) is 0 Å². The van der Waals surface area contributed by atoms with E-state index in [-0.39, 0.29) is 5.24 Å². The summed E-state index contributed by atoms with van der Waals surface area (Å²) in [6.45, 7) is 0. The zero-order valence-corrected chi connectivity index (χ0v) is 10.6. The first-order chi connectivity index (χ1) is 7.93. The molecule has 3 nitrogen and oxygen atoms in total. The monoisotopic (exact) mass is 274 g/mol. The lowest BCUT2D eigenvalue weighted by Crippen LogP contribution is -2.23. The molecule has 0 aromatic heterocycles. The first-order valence-electron chi connectivity index (χ1n) is 5.13. The molecule has 1 saturated carbocycles. The van der Waals surface area contributed by atoms with Crippen molar-refractivity contribution in [2.24, 2.45) is 0 Å². The fourth-order valence-corrected chi connectivity index (χ4v) is 2.57. The Hall–Kier alpha value is -0.860.